The number of carbonyl (C=O) groups excluding carboxylic acids is 1. The van der Waals surface area contributed by atoms with Gasteiger partial charge in [-0.25, -0.2) is 9.97 Å². The number of benzene rings is 2. The van der Waals surface area contributed by atoms with Gasteiger partial charge in [-0.15, -0.1) is 0 Å². The number of rotatable bonds is 5. The summed E-state index contributed by atoms with van der Waals surface area (Å²) < 4.78 is 0. The lowest BCUT2D eigenvalue weighted by atomic mass is 10.2. The van der Waals surface area contributed by atoms with Gasteiger partial charge in [-0.1, -0.05) is 17.7 Å². The molecule has 1 fully saturated rings. The van der Waals surface area contributed by atoms with Crippen molar-refractivity contribution in [2.24, 2.45) is 0 Å². The van der Waals surface area contributed by atoms with Crippen LogP contribution in [0.5, 0.6) is 0 Å². The third kappa shape index (κ3) is 4.71. The molecule has 0 aliphatic carbocycles. The van der Waals surface area contributed by atoms with Gasteiger partial charge < -0.3 is 15.5 Å². The first-order chi connectivity index (χ1) is 14.1. The van der Waals surface area contributed by atoms with Gasteiger partial charge in [-0.3, -0.25) is 4.79 Å². The summed E-state index contributed by atoms with van der Waals surface area (Å²) in [6.07, 6.45) is 2.52. The van der Waals surface area contributed by atoms with Crippen molar-refractivity contribution < 1.29 is 4.79 Å². The Morgan fingerprint density at radius 3 is 2.24 bits per heavy atom. The molecular formula is C23H25N5O. The van der Waals surface area contributed by atoms with Gasteiger partial charge in [0.05, 0.1) is 0 Å². The molecule has 0 bridgehead atoms. The van der Waals surface area contributed by atoms with Crippen molar-refractivity contribution in [3.63, 3.8) is 0 Å². The quantitative estimate of drug-likeness (QED) is 0.665. The van der Waals surface area contributed by atoms with Crippen molar-refractivity contribution in [1.82, 2.24) is 9.97 Å². The zero-order chi connectivity index (χ0) is 20.2. The molecule has 1 aromatic heterocycles. The van der Waals surface area contributed by atoms with Gasteiger partial charge in [-0.05, 0) is 63.1 Å². The van der Waals surface area contributed by atoms with Gasteiger partial charge in [0.15, 0.2) is 0 Å². The number of aryl methyl sites for hydroxylation is 2. The third-order valence-corrected chi connectivity index (χ3v) is 4.99. The second kappa shape index (κ2) is 8.31. The van der Waals surface area contributed by atoms with Crippen molar-refractivity contribution in [3.8, 4) is 0 Å². The van der Waals surface area contributed by atoms with Crippen molar-refractivity contribution >= 4 is 28.8 Å². The van der Waals surface area contributed by atoms with E-state index in [1.165, 1.54) is 18.5 Å². The van der Waals surface area contributed by atoms with Gasteiger partial charge >= 0.3 is 0 Å². The Bertz CT molecular complexity index is 993. The minimum Gasteiger partial charge on any atom is -0.372 e. The van der Waals surface area contributed by atoms with Crippen LogP contribution in [0.4, 0.5) is 22.9 Å². The molecule has 6 nitrogen and oxygen atoms in total. The molecule has 6 heteroatoms. The third-order valence-electron chi connectivity index (χ3n) is 4.99. The maximum Gasteiger partial charge on any atom is 0.274 e. The van der Waals surface area contributed by atoms with Crippen LogP contribution in [0.2, 0.25) is 0 Å². The Balaban J connectivity index is 1.47. The number of nitrogens with zero attached hydrogens (tertiary/aromatic N) is 3. The average Bonchev–Trinajstić information content (AvgIpc) is 3.25. The van der Waals surface area contributed by atoms with Crippen LogP contribution in [-0.2, 0) is 0 Å². The molecule has 2 heterocycles. The molecule has 0 spiro atoms. The molecule has 1 amide bonds. The second-order valence-electron chi connectivity index (χ2n) is 7.37. The van der Waals surface area contributed by atoms with E-state index < -0.39 is 0 Å². The number of hydrogen-bond acceptors (Lipinski definition) is 5. The molecule has 0 atom stereocenters. The van der Waals surface area contributed by atoms with Crippen LogP contribution in [0.15, 0.2) is 54.6 Å². The van der Waals surface area contributed by atoms with E-state index in [-0.39, 0.29) is 5.91 Å². The van der Waals surface area contributed by atoms with Crippen LogP contribution >= 0.6 is 0 Å². The Morgan fingerprint density at radius 2 is 1.55 bits per heavy atom. The molecular weight excluding hydrogens is 362 g/mol. The van der Waals surface area contributed by atoms with E-state index in [1.54, 1.807) is 13.0 Å². The van der Waals surface area contributed by atoms with Gasteiger partial charge in [0.2, 0.25) is 0 Å². The number of anilines is 4. The normalized spacial score (nSPS) is 13.4. The summed E-state index contributed by atoms with van der Waals surface area (Å²) in [6, 6.07) is 17.7. The van der Waals surface area contributed by atoms with E-state index in [0.717, 1.165) is 30.0 Å². The Kier molecular flexibility index (Phi) is 5.42. The van der Waals surface area contributed by atoms with E-state index in [9.17, 15) is 4.79 Å². The lowest BCUT2D eigenvalue weighted by Gasteiger charge is -2.18. The molecule has 1 aliphatic rings. The van der Waals surface area contributed by atoms with Crippen molar-refractivity contribution in [2.75, 3.05) is 28.6 Å². The summed E-state index contributed by atoms with van der Waals surface area (Å²) in [4.78, 5) is 23.7. The first-order valence-electron chi connectivity index (χ1n) is 9.92. The van der Waals surface area contributed by atoms with E-state index in [4.69, 9.17) is 0 Å². The fraction of sp³-hybridized carbons (Fsp3) is 0.261. The lowest BCUT2D eigenvalue weighted by molar-refractivity contribution is 0.102. The number of hydrogen-bond donors (Lipinski definition) is 2. The van der Waals surface area contributed by atoms with Crippen LogP contribution in [0.1, 0.15) is 34.7 Å². The maximum absolute atomic E-state index is 12.6. The lowest BCUT2D eigenvalue weighted by Crippen LogP contribution is -2.17. The molecule has 3 aromatic rings. The molecule has 4 rings (SSSR count). The van der Waals surface area contributed by atoms with Crippen molar-refractivity contribution in [2.45, 2.75) is 26.7 Å². The summed E-state index contributed by atoms with van der Waals surface area (Å²) >= 11 is 0. The fourth-order valence-electron chi connectivity index (χ4n) is 3.46. The Labute approximate surface area is 171 Å². The summed E-state index contributed by atoms with van der Waals surface area (Å²) in [5, 5.41) is 6.16. The highest BCUT2D eigenvalue weighted by molar-refractivity contribution is 6.03. The minimum atomic E-state index is -0.258. The molecule has 29 heavy (non-hydrogen) atoms. The van der Waals surface area contributed by atoms with Gasteiger partial charge in [0.1, 0.15) is 17.3 Å². The second-order valence-corrected chi connectivity index (χ2v) is 7.37. The van der Waals surface area contributed by atoms with Gasteiger partial charge in [-0.2, -0.15) is 0 Å². The first kappa shape index (κ1) is 18.9. The van der Waals surface area contributed by atoms with E-state index in [0.29, 0.717) is 17.3 Å². The van der Waals surface area contributed by atoms with Crippen LogP contribution in [-0.4, -0.2) is 29.0 Å². The SMILES string of the molecule is Cc1ccc(NC(=O)c2cc(Nc3ccc(N4CCCC4)cc3)nc(C)n2)cc1. The molecule has 1 aliphatic heterocycles. The first-order valence-corrected chi connectivity index (χ1v) is 9.92. The summed E-state index contributed by atoms with van der Waals surface area (Å²) in [6.45, 7) is 6.04. The minimum absolute atomic E-state index is 0.258. The molecule has 148 valence electrons. The van der Waals surface area contributed by atoms with Crippen LogP contribution in [0.25, 0.3) is 0 Å². The standard InChI is InChI=1S/C23H25N5O/c1-16-5-7-19(8-6-16)27-23(29)21-15-22(25-17(2)24-21)26-18-9-11-20(12-10-18)28-13-3-4-14-28/h5-12,15H,3-4,13-14H2,1-2H3,(H,27,29)(H,24,25,26). The van der Waals surface area contributed by atoms with E-state index >= 15 is 0 Å². The summed E-state index contributed by atoms with van der Waals surface area (Å²) in [5.41, 5.74) is 4.38. The maximum atomic E-state index is 12.6. The van der Waals surface area contributed by atoms with Crippen molar-refractivity contribution in [3.05, 3.63) is 71.7 Å². The highest BCUT2D eigenvalue weighted by atomic mass is 16.1. The average molecular weight is 387 g/mol. The molecule has 2 aromatic carbocycles. The van der Waals surface area contributed by atoms with Crippen molar-refractivity contribution in [1.29, 1.82) is 0 Å². The Morgan fingerprint density at radius 1 is 0.897 bits per heavy atom. The van der Waals surface area contributed by atoms with Crippen LogP contribution < -0.4 is 15.5 Å². The molecule has 1 saturated heterocycles. The summed E-state index contributed by atoms with van der Waals surface area (Å²) in [5.74, 6) is 0.880. The summed E-state index contributed by atoms with van der Waals surface area (Å²) in [7, 11) is 0. The molecule has 0 saturated carbocycles. The predicted octanol–water partition coefficient (Wildman–Crippen LogP) is 4.69. The highest BCUT2D eigenvalue weighted by Crippen LogP contribution is 2.24. The largest absolute Gasteiger partial charge is 0.372 e. The molecule has 2 N–H and O–H groups in total. The molecule has 0 radical (unpaired) electrons. The number of carbonyl (C=O) groups is 1. The number of amides is 1. The predicted molar refractivity (Wildman–Crippen MR) is 117 cm³/mol. The van der Waals surface area contributed by atoms with Gasteiger partial charge in [0.25, 0.3) is 5.91 Å². The smallest absolute Gasteiger partial charge is 0.274 e. The van der Waals surface area contributed by atoms with Crippen LogP contribution in [0, 0.1) is 13.8 Å². The zero-order valence-electron chi connectivity index (χ0n) is 16.8. The Hall–Kier alpha value is -3.41. The van der Waals surface area contributed by atoms with Crippen LogP contribution in [0.3, 0.4) is 0 Å². The topological polar surface area (TPSA) is 70.2 Å². The zero-order valence-corrected chi connectivity index (χ0v) is 16.8. The molecule has 0 unspecified atom stereocenters. The van der Waals surface area contributed by atoms with E-state index in [2.05, 4.69) is 37.6 Å². The number of aromatic nitrogens is 2. The fourth-order valence-corrected chi connectivity index (χ4v) is 3.46. The van der Waals surface area contributed by atoms with Gasteiger partial charge in [0, 0.05) is 36.2 Å². The van der Waals surface area contributed by atoms with E-state index in [1.807, 2.05) is 43.3 Å². The number of nitrogens with one attached hydrogen (secondary N) is 2. The highest BCUT2D eigenvalue weighted by Gasteiger charge is 2.13. The monoisotopic (exact) mass is 387 g/mol.